The molecule has 1 heterocycles. The van der Waals surface area contributed by atoms with Gasteiger partial charge < -0.3 is 14.5 Å². The van der Waals surface area contributed by atoms with Gasteiger partial charge in [0.05, 0.1) is 11.6 Å². The van der Waals surface area contributed by atoms with Gasteiger partial charge in [-0.3, -0.25) is 0 Å². The number of furan rings is 1. The molecule has 1 aromatic heterocycles. The number of hydrogen-bond acceptors (Lipinski definition) is 3. The lowest BCUT2D eigenvalue weighted by atomic mass is 10.2. The highest BCUT2D eigenvalue weighted by Crippen LogP contribution is 2.25. The van der Waals surface area contributed by atoms with Crippen molar-refractivity contribution in [3.05, 3.63) is 52.2 Å². The number of hydrogen-bond donors (Lipinski definition) is 1. The van der Waals surface area contributed by atoms with Crippen LogP contribution in [0.2, 0.25) is 5.02 Å². The van der Waals surface area contributed by atoms with Crippen LogP contribution in [0.3, 0.4) is 0 Å². The third-order valence-electron chi connectivity index (χ3n) is 3.03. The maximum Gasteiger partial charge on any atom is 0.183 e. The predicted molar refractivity (Wildman–Crippen MR) is 81.2 cm³/mol. The number of nitrogens with one attached hydrogen (secondary N) is 1. The van der Waals surface area contributed by atoms with Crippen molar-refractivity contribution in [2.75, 3.05) is 0 Å². The molecule has 0 aliphatic heterocycles. The Hall–Kier alpha value is -1.52. The number of benzene rings is 1. The fraction of sp³-hybridized carbons (Fsp3) is 0.375. The number of halogens is 2. The van der Waals surface area contributed by atoms with Crippen LogP contribution >= 0.6 is 11.6 Å². The summed E-state index contributed by atoms with van der Waals surface area (Å²) in [6.07, 6.45) is 0. The molecule has 0 atom stereocenters. The van der Waals surface area contributed by atoms with Crippen LogP contribution in [-0.2, 0) is 13.2 Å². The molecule has 2 aromatic rings. The zero-order valence-corrected chi connectivity index (χ0v) is 13.1. The van der Waals surface area contributed by atoms with Crippen LogP contribution < -0.4 is 10.1 Å². The molecule has 0 aliphatic rings. The molecule has 0 amide bonds. The highest BCUT2D eigenvalue weighted by atomic mass is 35.5. The maximum atomic E-state index is 13.7. The van der Waals surface area contributed by atoms with Crippen LogP contribution in [0.25, 0.3) is 0 Å². The van der Waals surface area contributed by atoms with Gasteiger partial charge in [-0.05, 0) is 30.7 Å². The second kappa shape index (κ2) is 6.96. The minimum absolute atomic E-state index is 0.0462. The van der Waals surface area contributed by atoms with Gasteiger partial charge >= 0.3 is 0 Å². The van der Waals surface area contributed by atoms with Gasteiger partial charge in [-0.15, -0.1) is 0 Å². The summed E-state index contributed by atoms with van der Waals surface area (Å²) in [6.45, 7) is 6.95. The van der Waals surface area contributed by atoms with Crippen LogP contribution in [0.15, 0.2) is 28.7 Å². The van der Waals surface area contributed by atoms with E-state index in [2.05, 4.69) is 19.2 Å². The van der Waals surface area contributed by atoms with E-state index in [1.54, 1.807) is 6.07 Å². The lowest BCUT2D eigenvalue weighted by Crippen LogP contribution is -2.21. The monoisotopic (exact) mass is 311 g/mol. The van der Waals surface area contributed by atoms with Crippen LogP contribution in [0, 0.1) is 12.7 Å². The van der Waals surface area contributed by atoms with E-state index < -0.39 is 5.82 Å². The largest absolute Gasteiger partial charge is 0.483 e. The molecule has 2 rings (SSSR count). The Morgan fingerprint density at radius 1 is 1.38 bits per heavy atom. The fourth-order valence-corrected chi connectivity index (χ4v) is 2.04. The van der Waals surface area contributed by atoms with Crippen molar-refractivity contribution < 1.29 is 13.5 Å². The molecule has 0 aliphatic carbocycles. The van der Waals surface area contributed by atoms with Gasteiger partial charge in [0.15, 0.2) is 11.6 Å². The molecule has 0 fully saturated rings. The topological polar surface area (TPSA) is 34.4 Å². The Bertz CT molecular complexity index is 610. The van der Waals surface area contributed by atoms with E-state index in [1.807, 2.05) is 13.0 Å². The molecule has 0 bridgehead atoms. The van der Waals surface area contributed by atoms with Gasteiger partial charge in [0.1, 0.15) is 18.1 Å². The first-order chi connectivity index (χ1) is 9.97. The summed E-state index contributed by atoms with van der Waals surface area (Å²) >= 11 is 5.71. The standard InChI is InChI=1S/C16H19ClFNO2/c1-10(2)19-8-15-11(3)7-12(21-15)9-20-14-6-4-5-13(17)16(14)18/h4-7,10,19H,8-9H2,1-3H3. The van der Waals surface area contributed by atoms with E-state index in [0.717, 1.165) is 11.3 Å². The summed E-state index contributed by atoms with van der Waals surface area (Å²) in [7, 11) is 0. The van der Waals surface area contributed by atoms with Crippen molar-refractivity contribution >= 4 is 11.6 Å². The van der Waals surface area contributed by atoms with E-state index in [9.17, 15) is 4.39 Å². The summed E-state index contributed by atoms with van der Waals surface area (Å²) in [5, 5.41) is 3.34. The highest BCUT2D eigenvalue weighted by molar-refractivity contribution is 6.30. The van der Waals surface area contributed by atoms with E-state index in [-0.39, 0.29) is 17.4 Å². The molecule has 1 aromatic carbocycles. The van der Waals surface area contributed by atoms with Crippen LogP contribution in [0.5, 0.6) is 5.75 Å². The molecule has 0 saturated carbocycles. The average Bonchev–Trinajstić information content (AvgIpc) is 2.78. The van der Waals surface area contributed by atoms with E-state index in [4.69, 9.17) is 20.8 Å². The molecule has 5 heteroatoms. The molecule has 114 valence electrons. The Morgan fingerprint density at radius 3 is 2.86 bits per heavy atom. The Morgan fingerprint density at radius 2 is 2.14 bits per heavy atom. The Balaban J connectivity index is 2.00. The van der Waals surface area contributed by atoms with Gasteiger partial charge in [0.25, 0.3) is 0 Å². The highest BCUT2D eigenvalue weighted by Gasteiger charge is 2.11. The van der Waals surface area contributed by atoms with E-state index in [0.29, 0.717) is 18.3 Å². The first-order valence-corrected chi connectivity index (χ1v) is 7.23. The SMILES string of the molecule is Cc1cc(COc2cccc(Cl)c2F)oc1CNC(C)C. The Labute approximate surface area is 129 Å². The van der Waals surface area contributed by atoms with Gasteiger partial charge in [0.2, 0.25) is 0 Å². The lowest BCUT2D eigenvalue weighted by molar-refractivity contribution is 0.254. The second-order valence-corrected chi connectivity index (χ2v) is 5.60. The molecule has 3 nitrogen and oxygen atoms in total. The minimum Gasteiger partial charge on any atom is -0.483 e. The van der Waals surface area contributed by atoms with E-state index >= 15 is 0 Å². The van der Waals surface area contributed by atoms with Gasteiger partial charge in [0, 0.05) is 6.04 Å². The van der Waals surface area contributed by atoms with Gasteiger partial charge in [-0.2, -0.15) is 0 Å². The van der Waals surface area contributed by atoms with Gasteiger partial charge in [-0.25, -0.2) is 4.39 Å². The lowest BCUT2D eigenvalue weighted by Gasteiger charge is -2.07. The summed E-state index contributed by atoms with van der Waals surface area (Å²) in [6, 6.07) is 6.95. The summed E-state index contributed by atoms with van der Waals surface area (Å²) < 4.78 is 24.8. The molecule has 21 heavy (non-hydrogen) atoms. The maximum absolute atomic E-state index is 13.7. The Kier molecular flexibility index (Phi) is 5.26. The molecule has 0 saturated heterocycles. The van der Waals surface area contributed by atoms with Crippen LogP contribution in [-0.4, -0.2) is 6.04 Å². The summed E-state index contributed by atoms with van der Waals surface area (Å²) in [5.41, 5.74) is 1.05. The van der Waals surface area contributed by atoms with Crippen molar-refractivity contribution in [3.63, 3.8) is 0 Å². The normalized spacial score (nSPS) is 11.1. The molecule has 0 radical (unpaired) electrons. The fourth-order valence-electron chi connectivity index (χ4n) is 1.88. The van der Waals surface area contributed by atoms with Crippen molar-refractivity contribution in [1.82, 2.24) is 5.32 Å². The van der Waals surface area contributed by atoms with Crippen molar-refractivity contribution in [2.24, 2.45) is 0 Å². The zero-order chi connectivity index (χ0) is 15.4. The summed E-state index contributed by atoms with van der Waals surface area (Å²) in [5.74, 6) is 1.10. The first-order valence-electron chi connectivity index (χ1n) is 6.85. The smallest absolute Gasteiger partial charge is 0.183 e. The quantitative estimate of drug-likeness (QED) is 0.855. The van der Waals surface area contributed by atoms with Crippen LogP contribution in [0.4, 0.5) is 4.39 Å². The third kappa shape index (κ3) is 4.22. The van der Waals surface area contributed by atoms with Crippen LogP contribution in [0.1, 0.15) is 30.9 Å². The molecule has 0 unspecified atom stereocenters. The zero-order valence-electron chi connectivity index (χ0n) is 12.4. The molecular formula is C16H19ClFNO2. The molecular weight excluding hydrogens is 293 g/mol. The first kappa shape index (κ1) is 15.9. The molecule has 1 N–H and O–H groups in total. The predicted octanol–water partition coefficient (Wildman–Crippen LogP) is 4.46. The average molecular weight is 312 g/mol. The number of aryl methyl sites for hydroxylation is 1. The van der Waals surface area contributed by atoms with E-state index in [1.165, 1.54) is 12.1 Å². The van der Waals surface area contributed by atoms with Crippen molar-refractivity contribution in [1.29, 1.82) is 0 Å². The minimum atomic E-state index is -0.552. The third-order valence-corrected chi connectivity index (χ3v) is 3.32. The summed E-state index contributed by atoms with van der Waals surface area (Å²) in [4.78, 5) is 0. The number of rotatable bonds is 6. The number of ether oxygens (including phenoxy) is 1. The second-order valence-electron chi connectivity index (χ2n) is 5.20. The van der Waals surface area contributed by atoms with Crippen molar-refractivity contribution in [2.45, 2.75) is 40.0 Å². The van der Waals surface area contributed by atoms with Gasteiger partial charge in [-0.1, -0.05) is 31.5 Å². The molecule has 0 spiro atoms. The van der Waals surface area contributed by atoms with Crippen molar-refractivity contribution in [3.8, 4) is 5.75 Å².